The predicted molar refractivity (Wildman–Crippen MR) is 138 cm³/mol. The van der Waals surface area contributed by atoms with Crippen LogP contribution in [-0.2, 0) is 4.79 Å². The van der Waals surface area contributed by atoms with Gasteiger partial charge in [-0.3, -0.25) is 4.79 Å². The molecule has 3 heterocycles. The third kappa shape index (κ3) is 4.38. The normalized spacial score (nSPS) is 17.3. The van der Waals surface area contributed by atoms with Crippen molar-refractivity contribution in [3.05, 3.63) is 88.8 Å². The number of hydrogen-bond donors (Lipinski definition) is 0. The van der Waals surface area contributed by atoms with Gasteiger partial charge in [0.15, 0.2) is 5.78 Å². The van der Waals surface area contributed by atoms with Crippen LogP contribution in [0.4, 0.5) is 0 Å². The molecule has 0 fully saturated rings. The second-order valence-electron chi connectivity index (χ2n) is 6.63. The maximum atomic E-state index is 12.0. The van der Waals surface area contributed by atoms with Crippen LogP contribution < -0.4 is 0 Å². The van der Waals surface area contributed by atoms with Gasteiger partial charge in [-0.2, -0.15) is 0 Å². The minimum Gasteiger partial charge on any atom is -0.295 e. The van der Waals surface area contributed by atoms with Gasteiger partial charge in [0.1, 0.15) is 0 Å². The molecule has 0 radical (unpaired) electrons. The lowest BCUT2D eigenvalue weighted by Crippen LogP contribution is -1.92. The molecule has 5 rings (SSSR count). The van der Waals surface area contributed by atoms with Gasteiger partial charge < -0.3 is 0 Å². The Hall–Kier alpha value is -0.830. The van der Waals surface area contributed by atoms with Crippen molar-refractivity contribution in [1.29, 1.82) is 0 Å². The molecule has 0 atom stereocenters. The Kier molecular flexibility index (Phi) is 6.29. The molecule has 30 heavy (non-hydrogen) atoms. The van der Waals surface area contributed by atoms with E-state index in [9.17, 15) is 4.79 Å². The SMILES string of the molecule is CC(=O)C(C)=C1SC(C=C2Sc3ccccc3S2)=C(C=C2Sc3ccccc3S2)S1. The van der Waals surface area contributed by atoms with Crippen LogP contribution in [0.25, 0.3) is 0 Å². The fourth-order valence-corrected chi connectivity index (χ4v) is 10.5. The molecule has 0 bridgehead atoms. The first-order valence-corrected chi connectivity index (χ1v) is 14.1. The van der Waals surface area contributed by atoms with Crippen molar-refractivity contribution in [3.8, 4) is 0 Å². The number of allylic oxidation sites excluding steroid dienone is 3. The van der Waals surface area contributed by atoms with Crippen LogP contribution in [0.5, 0.6) is 0 Å². The second-order valence-corrected chi connectivity index (χ2v) is 13.8. The van der Waals surface area contributed by atoms with Gasteiger partial charge in [0.25, 0.3) is 0 Å². The summed E-state index contributed by atoms with van der Waals surface area (Å²) >= 11 is 10.8. The van der Waals surface area contributed by atoms with Crippen molar-refractivity contribution in [2.45, 2.75) is 33.4 Å². The molecule has 0 unspecified atom stereocenters. The lowest BCUT2D eigenvalue weighted by atomic mass is 10.2. The molecule has 2 aromatic rings. The van der Waals surface area contributed by atoms with Crippen molar-refractivity contribution in [1.82, 2.24) is 0 Å². The van der Waals surface area contributed by atoms with E-state index in [4.69, 9.17) is 0 Å². The molecule has 1 nitrogen and oxygen atoms in total. The first-order valence-electron chi connectivity index (χ1n) is 9.21. The molecule has 0 spiro atoms. The number of Topliss-reactive ketones (excluding diaryl/α,β-unsaturated/α-hetero) is 1. The van der Waals surface area contributed by atoms with E-state index >= 15 is 0 Å². The van der Waals surface area contributed by atoms with Crippen LogP contribution in [0, 0.1) is 0 Å². The molecule has 150 valence electrons. The number of hydrogen-bond acceptors (Lipinski definition) is 7. The van der Waals surface area contributed by atoms with Gasteiger partial charge in [0.2, 0.25) is 0 Å². The van der Waals surface area contributed by atoms with Crippen LogP contribution in [-0.4, -0.2) is 5.78 Å². The van der Waals surface area contributed by atoms with E-state index in [1.165, 1.54) is 37.9 Å². The van der Waals surface area contributed by atoms with E-state index in [-0.39, 0.29) is 5.78 Å². The van der Waals surface area contributed by atoms with Gasteiger partial charge in [0, 0.05) is 35.0 Å². The molecule has 0 aliphatic carbocycles. The van der Waals surface area contributed by atoms with E-state index in [1.54, 1.807) is 30.4 Å². The van der Waals surface area contributed by atoms with E-state index < -0.39 is 0 Å². The number of fused-ring (bicyclic) bond motifs is 2. The Morgan fingerprint density at radius 2 is 1.00 bits per heavy atom. The van der Waals surface area contributed by atoms with Gasteiger partial charge >= 0.3 is 0 Å². The van der Waals surface area contributed by atoms with E-state index in [1.807, 2.05) is 54.0 Å². The van der Waals surface area contributed by atoms with Crippen LogP contribution in [0.1, 0.15) is 13.8 Å². The highest BCUT2D eigenvalue weighted by atomic mass is 32.2. The van der Waals surface area contributed by atoms with Crippen LogP contribution >= 0.6 is 70.6 Å². The molecular weight excluding hydrogens is 485 g/mol. The Bertz CT molecular complexity index is 1050. The minimum absolute atomic E-state index is 0.139. The summed E-state index contributed by atoms with van der Waals surface area (Å²) in [5, 5.41) is 0. The molecule has 3 aliphatic heterocycles. The zero-order chi connectivity index (χ0) is 20.7. The zero-order valence-electron chi connectivity index (χ0n) is 16.1. The average molecular weight is 501 g/mol. The molecule has 7 heteroatoms. The van der Waals surface area contributed by atoms with Crippen molar-refractivity contribution < 1.29 is 4.79 Å². The molecular formula is C23H16OS6. The van der Waals surface area contributed by atoms with Crippen molar-refractivity contribution >= 4 is 76.4 Å². The average Bonchev–Trinajstić information content (AvgIpc) is 3.43. The minimum atomic E-state index is 0.139. The van der Waals surface area contributed by atoms with Crippen LogP contribution in [0.15, 0.2) is 108 Å². The third-order valence-corrected chi connectivity index (χ3v) is 12.1. The maximum absolute atomic E-state index is 12.0. The van der Waals surface area contributed by atoms with E-state index in [2.05, 4.69) is 60.7 Å². The van der Waals surface area contributed by atoms with Gasteiger partial charge in [-0.25, -0.2) is 0 Å². The number of benzene rings is 2. The summed E-state index contributed by atoms with van der Waals surface area (Å²) in [5.74, 6) is 0.139. The number of carbonyl (C=O) groups excluding carboxylic acids is 1. The maximum Gasteiger partial charge on any atom is 0.157 e. The highest BCUT2D eigenvalue weighted by molar-refractivity contribution is 8.29. The second kappa shape index (κ2) is 8.96. The number of ketones is 1. The Morgan fingerprint density at radius 3 is 1.33 bits per heavy atom. The summed E-state index contributed by atoms with van der Waals surface area (Å²) in [6.07, 6.45) is 4.58. The predicted octanol–water partition coefficient (Wildman–Crippen LogP) is 8.98. The smallest absolute Gasteiger partial charge is 0.157 e. The summed E-state index contributed by atoms with van der Waals surface area (Å²) in [7, 11) is 0. The Labute approximate surface area is 202 Å². The standard InChI is InChI=1S/C23H16OS6/c1-13(14(2)24)23-29-19(11-21-25-15-7-3-4-8-16(15)26-21)20(30-23)12-22-27-17-9-5-6-10-18(17)28-22/h3-12H,1-2H3. The molecule has 0 saturated heterocycles. The monoisotopic (exact) mass is 500 g/mol. The quantitative estimate of drug-likeness (QED) is 0.386. The number of rotatable bonds is 3. The summed E-state index contributed by atoms with van der Waals surface area (Å²) in [6, 6.07) is 17.1. The molecule has 0 aromatic heterocycles. The summed E-state index contributed by atoms with van der Waals surface area (Å²) < 4.78 is 3.66. The molecule has 2 aromatic carbocycles. The topological polar surface area (TPSA) is 17.1 Å². The highest BCUT2D eigenvalue weighted by Gasteiger charge is 2.26. The molecule has 0 amide bonds. The van der Waals surface area contributed by atoms with Crippen molar-refractivity contribution in [3.63, 3.8) is 0 Å². The summed E-state index contributed by atoms with van der Waals surface area (Å²) in [6.45, 7) is 3.58. The summed E-state index contributed by atoms with van der Waals surface area (Å²) in [4.78, 5) is 19.7. The first-order chi connectivity index (χ1) is 14.6. The highest BCUT2D eigenvalue weighted by Crippen LogP contribution is 2.58. The van der Waals surface area contributed by atoms with Gasteiger partial charge in [-0.05, 0) is 50.3 Å². The van der Waals surface area contributed by atoms with Crippen molar-refractivity contribution in [2.75, 3.05) is 0 Å². The van der Waals surface area contributed by atoms with Crippen LogP contribution in [0.3, 0.4) is 0 Å². The Morgan fingerprint density at radius 1 is 0.633 bits per heavy atom. The van der Waals surface area contributed by atoms with Gasteiger partial charge in [0.05, 0.1) is 12.7 Å². The molecule has 0 N–H and O–H groups in total. The zero-order valence-corrected chi connectivity index (χ0v) is 21.0. The number of thioether (sulfide) groups is 6. The third-order valence-electron chi connectivity index (χ3n) is 4.52. The van der Waals surface area contributed by atoms with Crippen molar-refractivity contribution in [2.24, 2.45) is 0 Å². The fourth-order valence-electron chi connectivity index (χ4n) is 2.86. The lowest BCUT2D eigenvalue weighted by molar-refractivity contribution is -0.113. The fraction of sp³-hybridized carbons (Fsp3) is 0.0870. The molecule has 3 aliphatic rings. The van der Waals surface area contributed by atoms with E-state index in [0.29, 0.717) is 0 Å². The molecule has 0 saturated carbocycles. The first kappa shape index (κ1) is 21.0. The Balaban J connectivity index is 1.48. The van der Waals surface area contributed by atoms with Gasteiger partial charge in [-0.15, -0.1) is 0 Å². The van der Waals surface area contributed by atoms with Crippen LogP contribution in [0.2, 0.25) is 0 Å². The lowest BCUT2D eigenvalue weighted by Gasteiger charge is -2.00. The number of carbonyl (C=O) groups is 1. The van der Waals surface area contributed by atoms with E-state index in [0.717, 1.165) is 9.81 Å². The summed E-state index contributed by atoms with van der Waals surface area (Å²) in [5.41, 5.74) is 0.847. The van der Waals surface area contributed by atoms with Gasteiger partial charge in [-0.1, -0.05) is 94.8 Å². The largest absolute Gasteiger partial charge is 0.295 e.